The summed E-state index contributed by atoms with van der Waals surface area (Å²) in [5.41, 5.74) is 0. The fraction of sp³-hybridized carbons (Fsp3) is 0.647. The molecule has 0 amide bonds. The molecular formula is C17H28O2S. The first-order valence-electron chi connectivity index (χ1n) is 7.84. The number of hydrogen-bond acceptors (Lipinski definition) is 3. The Hall–Kier alpha value is -0.830. The molecule has 0 saturated heterocycles. The largest absolute Gasteiger partial charge is 0.490 e. The molecule has 20 heavy (non-hydrogen) atoms. The van der Waals surface area contributed by atoms with E-state index < -0.39 is 0 Å². The molecule has 3 heteroatoms. The number of ether oxygens (including phenoxy) is 2. The van der Waals surface area contributed by atoms with E-state index in [0.29, 0.717) is 6.61 Å². The smallest absolute Gasteiger partial charge is 0.161 e. The van der Waals surface area contributed by atoms with Gasteiger partial charge in [0.2, 0.25) is 0 Å². The fourth-order valence-electron chi connectivity index (χ4n) is 2.12. The molecule has 0 heterocycles. The summed E-state index contributed by atoms with van der Waals surface area (Å²) >= 11 is 4.22. The minimum absolute atomic E-state index is 0.673. The molecule has 0 N–H and O–H groups in total. The summed E-state index contributed by atoms with van der Waals surface area (Å²) in [4.78, 5) is 0. The summed E-state index contributed by atoms with van der Waals surface area (Å²) in [5.74, 6) is 2.73. The van der Waals surface area contributed by atoms with Crippen LogP contribution in [0, 0.1) is 0 Å². The highest BCUT2D eigenvalue weighted by Gasteiger charge is 2.02. The molecule has 0 aliphatic rings. The minimum Gasteiger partial charge on any atom is -0.490 e. The molecule has 0 saturated carbocycles. The van der Waals surface area contributed by atoms with Crippen molar-refractivity contribution in [2.75, 3.05) is 19.0 Å². The third-order valence-electron chi connectivity index (χ3n) is 3.21. The van der Waals surface area contributed by atoms with Crippen LogP contribution in [0.5, 0.6) is 11.5 Å². The Morgan fingerprint density at radius 3 is 1.95 bits per heavy atom. The summed E-state index contributed by atoms with van der Waals surface area (Å²) in [5, 5.41) is 0. The van der Waals surface area contributed by atoms with Gasteiger partial charge >= 0.3 is 0 Å². The third kappa shape index (κ3) is 7.68. The first-order chi connectivity index (χ1) is 9.88. The standard InChI is InChI=1S/C17H28O2S/c1-2-18-16-12-8-9-13-17(16)19-14-10-6-4-3-5-7-11-15-20/h8-9,12-13,20H,2-7,10-11,14-15H2,1H3. The van der Waals surface area contributed by atoms with Gasteiger partial charge in [0.25, 0.3) is 0 Å². The molecule has 1 rings (SSSR count). The van der Waals surface area contributed by atoms with E-state index in [1.165, 1.54) is 38.5 Å². The molecule has 0 bridgehead atoms. The third-order valence-corrected chi connectivity index (χ3v) is 3.53. The normalized spacial score (nSPS) is 10.5. The molecule has 1 aromatic carbocycles. The monoisotopic (exact) mass is 296 g/mol. The molecule has 0 fully saturated rings. The van der Waals surface area contributed by atoms with Gasteiger partial charge in [-0.2, -0.15) is 12.6 Å². The Morgan fingerprint density at radius 2 is 1.35 bits per heavy atom. The topological polar surface area (TPSA) is 18.5 Å². The fourth-order valence-corrected chi connectivity index (χ4v) is 2.35. The SMILES string of the molecule is CCOc1ccccc1OCCCCCCCCCS. The molecule has 0 atom stereocenters. The van der Waals surface area contributed by atoms with Gasteiger partial charge in [-0.1, -0.05) is 44.2 Å². The van der Waals surface area contributed by atoms with Gasteiger partial charge in [-0.05, 0) is 37.7 Å². The van der Waals surface area contributed by atoms with Crippen LogP contribution >= 0.6 is 12.6 Å². The van der Waals surface area contributed by atoms with Crippen molar-refractivity contribution in [2.24, 2.45) is 0 Å². The van der Waals surface area contributed by atoms with Gasteiger partial charge in [-0.25, -0.2) is 0 Å². The van der Waals surface area contributed by atoms with E-state index in [-0.39, 0.29) is 0 Å². The van der Waals surface area contributed by atoms with E-state index in [1.807, 2.05) is 31.2 Å². The van der Waals surface area contributed by atoms with Crippen LogP contribution in [0.4, 0.5) is 0 Å². The van der Waals surface area contributed by atoms with Crippen LogP contribution < -0.4 is 9.47 Å². The Labute approximate surface area is 129 Å². The molecule has 0 aromatic heterocycles. The first-order valence-corrected chi connectivity index (χ1v) is 8.47. The van der Waals surface area contributed by atoms with Crippen LogP contribution in [-0.4, -0.2) is 19.0 Å². The quantitative estimate of drug-likeness (QED) is 0.426. The second kappa shape index (κ2) is 12.0. The predicted octanol–water partition coefficient (Wildman–Crippen LogP) is 5.12. The summed E-state index contributed by atoms with van der Waals surface area (Å²) in [6.45, 7) is 3.44. The van der Waals surface area contributed by atoms with Gasteiger partial charge < -0.3 is 9.47 Å². The second-order valence-corrected chi connectivity index (χ2v) is 5.37. The van der Waals surface area contributed by atoms with Crippen molar-refractivity contribution in [3.05, 3.63) is 24.3 Å². The summed E-state index contributed by atoms with van der Waals surface area (Å²) in [6, 6.07) is 7.89. The zero-order valence-electron chi connectivity index (χ0n) is 12.6. The minimum atomic E-state index is 0.673. The van der Waals surface area contributed by atoms with Crippen molar-refractivity contribution in [1.82, 2.24) is 0 Å². The first kappa shape index (κ1) is 17.2. The van der Waals surface area contributed by atoms with Gasteiger partial charge in [0.05, 0.1) is 13.2 Å². The molecule has 0 unspecified atom stereocenters. The van der Waals surface area contributed by atoms with Crippen LogP contribution in [0.15, 0.2) is 24.3 Å². The molecule has 0 spiro atoms. The predicted molar refractivity (Wildman–Crippen MR) is 89.3 cm³/mol. The number of para-hydroxylation sites is 2. The van der Waals surface area contributed by atoms with E-state index >= 15 is 0 Å². The molecule has 0 aliphatic carbocycles. The Kier molecular flexibility index (Phi) is 10.3. The lowest BCUT2D eigenvalue weighted by molar-refractivity contribution is 0.270. The maximum atomic E-state index is 5.80. The van der Waals surface area contributed by atoms with Crippen molar-refractivity contribution >= 4 is 12.6 Å². The van der Waals surface area contributed by atoms with Gasteiger partial charge in [0, 0.05) is 0 Å². The van der Waals surface area contributed by atoms with E-state index in [9.17, 15) is 0 Å². The zero-order chi connectivity index (χ0) is 14.5. The van der Waals surface area contributed by atoms with Gasteiger partial charge in [0.1, 0.15) is 0 Å². The average Bonchev–Trinajstić information content (AvgIpc) is 2.47. The van der Waals surface area contributed by atoms with Crippen molar-refractivity contribution in [3.63, 3.8) is 0 Å². The molecule has 0 aliphatic heterocycles. The van der Waals surface area contributed by atoms with E-state index in [1.54, 1.807) is 0 Å². The number of thiol groups is 1. The van der Waals surface area contributed by atoms with E-state index in [4.69, 9.17) is 9.47 Å². The molecule has 0 radical (unpaired) electrons. The van der Waals surface area contributed by atoms with Crippen molar-refractivity contribution in [3.8, 4) is 11.5 Å². The number of benzene rings is 1. The molecule has 114 valence electrons. The lowest BCUT2D eigenvalue weighted by atomic mass is 10.1. The Morgan fingerprint density at radius 1 is 0.800 bits per heavy atom. The van der Waals surface area contributed by atoms with Crippen LogP contribution in [0.25, 0.3) is 0 Å². The van der Waals surface area contributed by atoms with Gasteiger partial charge in [-0.3, -0.25) is 0 Å². The molecule has 2 nitrogen and oxygen atoms in total. The lowest BCUT2D eigenvalue weighted by Gasteiger charge is -2.11. The van der Waals surface area contributed by atoms with Crippen molar-refractivity contribution in [2.45, 2.75) is 51.9 Å². The Bertz CT molecular complexity index is 342. The maximum absolute atomic E-state index is 5.80. The molecule has 1 aromatic rings. The van der Waals surface area contributed by atoms with E-state index in [2.05, 4.69) is 12.6 Å². The van der Waals surface area contributed by atoms with Crippen LogP contribution in [0.3, 0.4) is 0 Å². The van der Waals surface area contributed by atoms with Crippen LogP contribution in [0.2, 0.25) is 0 Å². The highest BCUT2D eigenvalue weighted by Crippen LogP contribution is 2.26. The van der Waals surface area contributed by atoms with Crippen LogP contribution in [0.1, 0.15) is 51.9 Å². The van der Waals surface area contributed by atoms with Gasteiger partial charge in [0.15, 0.2) is 11.5 Å². The number of unbranched alkanes of at least 4 members (excludes halogenated alkanes) is 6. The second-order valence-electron chi connectivity index (χ2n) is 4.93. The highest BCUT2D eigenvalue weighted by atomic mass is 32.1. The van der Waals surface area contributed by atoms with E-state index in [0.717, 1.165) is 30.3 Å². The summed E-state index contributed by atoms with van der Waals surface area (Å²) in [7, 11) is 0. The lowest BCUT2D eigenvalue weighted by Crippen LogP contribution is -2.00. The summed E-state index contributed by atoms with van der Waals surface area (Å²) in [6.07, 6.45) is 8.92. The van der Waals surface area contributed by atoms with Gasteiger partial charge in [-0.15, -0.1) is 0 Å². The molecular weight excluding hydrogens is 268 g/mol. The zero-order valence-corrected chi connectivity index (χ0v) is 13.5. The van der Waals surface area contributed by atoms with Crippen LogP contribution in [-0.2, 0) is 0 Å². The van der Waals surface area contributed by atoms with Crippen molar-refractivity contribution < 1.29 is 9.47 Å². The summed E-state index contributed by atoms with van der Waals surface area (Å²) < 4.78 is 11.3. The van der Waals surface area contributed by atoms with Crippen molar-refractivity contribution in [1.29, 1.82) is 0 Å². The maximum Gasteiger partial charge on any atom is 0.161 e. The number of hydrogen-bond donors (Lipinski definition) is 1. The highest BCUT2D eigenvalue weighted by molar-refractivity contribution is 7.80. The Balaban J connectivity index is 2.06. The average molecular weight is 296 g/mol. The number of rotatable bonds is 12.